The van der Waals surface area contributed by atoms with Gasteiger partial charge in [0.25, 0.3) is 0 Å². The Kier molecular flexibility index (Phi) is 4.66. The quantitative estimate of drug-likeness (QED) is 0.828. The zero-order valence-electron chi connectivity index (χ0n) is 11.1. The number of hydrogen-bond acceptors (Lipinski definition) is 2. The molecule has 0 radical (unpaired) electrons. The summed E-state index contributed by atoms with van der Waals surface area (Å²) in [5.74, 6) is 1.01. The first-order valence-electron chi connectivity index (χ1n) is 6.75. The van der Waals surface area contributed by atoms with Crippen LogP contribution in [0.25, 0.3) is 0 Å². The van der Waals surface area contributed by atoms with Crippen molar-refractivity contribution in [3.8, 4) is 0 Å². The Labute approximate surface area is 114 Å². The van der Waals surface area contributed by atoms with Crippen molar-refractivity contribution in [3.05, 3.63) is 34.9 Å². The fraction of sp³-hybridized carbons (Fsp3) is 0.600. The lowest BCUT2D eigenvalue weighted by atomic mass is 10.0. The molecule has 2 atom stereocenters. The number of benzene rings is 1. The van der Waals surface area contributed by atoms with Crippen LogP contribution in [-0.2, 0) is 0 Å². The maximum atomic E-state index is 9.88. The van der Waals surface area contributed by atoms with Gasteiger partial charge in [0.1, 0.15) is 0 Å². The third-order valence-corrected chi connectivity index (χ3v) is 3.89. The molecule has 3 heteroatoms. The second kappa shape index (κ2) is 6.05. The summed E-state index contributed by atoms with van der Waals surface area (Å²) in [5, 5.41) is 14.2. The summed E-state index contributed by atoms with van der Waals surface area (Å²) >= 11 is 5.92. The average molecular weight is 268 g/mol. The second-order valence-electron chi connectivity index (χ2n) is 5.59. The zero-order valence-corrected chi connectivity index (χ0v) is 11.8. The second-order valence-corrected chi connectivity index (χ2v) is 6.02. The minimum Gasteiger partial charge on any atom is -0.392 e. The van der Waals surface area contributed by atoms with Crippen LogP contribution >= 0.6 is 11.6 Å². The highest BCUT2D eigenvalue weighted by Crippen LogP contribution is 2.41. The van der Waals surface area contributed by atoms with Crippen LogP contribution in [0, 0.1) is 11.8 Å². The van der Waals surface area contributed by atoms with E-state index in [1.807, 2.05) is 26.0 Å². The van der Waals surface area contributed by atoms with Gasteiger partial charge in [0.15, 0.2) is 0 Å². The maximum Gasteiger partial charge on any atom is 0.0687 e. The van der Waals surface area contributed by atoms with Crippen LogP contribution in [0.15, 0.2) is 24.3 Å². The van der Waals surface area contributed by atoms with Crippen molar-refractivity contribution in [2.75, 3.05) is 6.54 Å². The minimum absolute atomic E-state index is 0.279. The fourth-order valence-corrected chi connectivity index (χ4v) is 2.27. The molecule has 18 heavy (non-hydrogen) atoms. The first-order valence-corrected chi connectivity index (χ1v) is 7.12. The highest BCUT2D eigenvalue weighted by Gasteiger charge is 2.32. The first-order chi connectivity index (χ1) is 8.58. The number of hydrogen-bond donors (Lipinski definition) is 2. The van der Waals surface area contributed by atoms with Gasteiger partial charge in [-0.25, -0.2) is 0 Å². The average Bonchev–Trinajstić information content (AvgIpc) is 3.15. The van der Waals surface area contributed by atoms with Crippen LogP contribution in [-0.4, -0.2) is 17.8 Å². The van der Waals surface area contributed by atoms with Gasteiger partial charge in [-0.1, -0.05) is 37.6 Å². The minimum atomic E-state index is -0.279. The Hall–Kier alpha value is -0.570. The van der Waals surface area contributed by atoms with Gasteiger partial charge in [-0.15, -0.1) is 0 Å². The van der Waals surface area contributed by atoms with Crippen molar-refractivity contribution in [2.24, 2.45) is 11.8 Å². The number of halogens is 1. The van der Waals surface area contributed by atoms with Gasteiger partial charge in [0.05, 0.1) is 6.10 Å². The van der Waals surface area contributed by atoms with Crippen LogP contribution in [0.5, 0.6) is 0 Å². The van der Waals surface area contributed by atoms with Gasteiger partial charge >= 0.3 is 0 Å². The number of aliphatic hydroxyl groups excluding tert-OH is 1. The Bertz CT molecular complexity index is 373. The predicted octanol–water partition coefficient (Wildman–Crippen LogP) is 3.40. The molecule has 1 aromatic carbocycles. The number of aliphatic hydroxyl groups is 1. The Morgan fingerprint density at radius 1 is 1.28 bits per heavy atom. The predicted molar refractivity (Wildman–Crippen MR) is 75.8 cm³/mol. The van der Waals surface area contributed by atoms with Crippen LogP contribution in [0.3, 0.4) is 0 Å². The van der Waals surface area contributed by atoms with E-state index in [-0.39, 0.29) is 6.10 Å². The Morgan fingerprint density at radius 3 is 2.39 bits per heavy atom. The highest BCUT2D eigenvalue weighted by molar-refractivity contribution is 6.30. The van der Waals surface area contributed by atoms with E-state index in [0.717, 1.165) is 5.02 Å². The van der Waals surface area contributed by atoms with Crippen LogP contribution in [0.2, 0.25) is 5.02 Å². The van der Waals surface area contributed by atoms with Crippen LogP contribution in [0.4, 0.5) is 0 Å². The van der Waals surface area contributed by atoms with E-state index in [1.54, 1.807) is 0 Å². The van der Waals surface area contributed by atoms with Crippen molar-refractivity contribution in [3.63, 3.8) is 0 Å². The highest BCUT2D eigenvalue weighted by atomic mass is 35.5. The molecular weight excluding hydrogens is 246 g/mol. The molecule has 0 aromatic heterocycles. The van der Waals surface area contributed by atoms with Crippen molar-refractivity contribution >= 4 is 11.6 Å². The lowest BCUT2D eigenvalue weighted by molar-refractivity contribution is 0.119. The van der Waals surface area contributed by atoms with Crippen molar-refractivity contribution in [2.45, 2.75) is 38.8 Å². The maximum absolute atomic E-state index is 9.88. The molecule has 2 N–H and O–H groups in total. The monoisotopic (exact) mass is 267 g/mol. The van der Waals surface area contributed by atoms with E-state index < -0.39 is 0 Å². The number of rotatable bonds is 6. The molecule has 0 heterocycles. The van der Waals surface area contributed by atoms with Gasteiger partial charge in [-0.2, -0.15) is 0 Å². The molecule has 0 aliphatic heterocycles. The van der Waals surface area contributed by atoms with E-state index in [9.17, 15) is 5.11 Å². The lowest BCUT2D eigenvalue weighted by Crippen LogP contribution is -2.34. The fourth-order valence-electron chi connectivity index (χ4n) is 2.14. The van der Waals surface area contributed by atoms with Gasteiger partial charge in [0.2, 0.25) is 0 Å². The molecule has 0 spiro atoms. The summed E-state index contributed by atoms with van der Waals surface area (Å²) in [6.45, 7) is 4.74. The van der Waals surface area contributed by atoms with Crippen LogP contribution in [0.1, 0.15) is 38.3 Å². The Morgan fingerprint density at radius 2 is 1.89 bits per heavy atom. The molecule has 1 fully saturated rings. The van der Waals surface area contributed by atoms with Crippen molar-refractivity contribution < 1.29 is 5.11 Å². The molecule has 1 saturated carbocycles. The molecular formula is C15H22ClNO. The van der Waals surface area contributed by atoms with Gasteiger partial charge in [-0.05, 0) is 42.4 Å². The van der Waals surface area contributed by atoms with E-state index in [1.165, 1.54) is 18.4 Å². The molecule has 2 unspecified atom stereocenters. The smallest absolute Gasteiger partial charge is 0.0687 e. The molecule has 0 saturated heterocycles. The molecule has 0 amide bonds. The SMILES string of the molecule is CC(C)C(O)CNC(c1ccc(Cl)cc1)C1CC1. The van der Waals surface area contributed by atoms with Crippen LogP contribution < -0.4 is 5.32 Å². The standard InChI is InChI=1S/C15H22ClNO/c1-10(2)14(18)9-17-15(11-3-4-11)12-5-7-13(16)8-6-12/h5-8,10-11,14-15,17-18H,3-4,9H2,1-2H3. The zero-order chi connectivity index (χ0) is 13.1. The summed E-state index contributed by atoms with van der Waals surface area (Å²) in [7, 11) is 0. The molecule has 2 nitrogen and oxygen atoms in total. The summed E-state index contributed by atoms with van der Waals surface area (Å²) < 4.78 is 0. The number of nitrogens with one attached hydrogen (secondary N) is 1. The lowest BCUT2D eigenvalue weighted by Gasteiger charge is -2.22. The summed E-state index contributed by atoms with van der Waals surface area (Å²) in [6, 6.07) is 8.40. The van der Waals surface area contributed by atoms with E-state index in [2.05, 4.69) is 17.4 Å². The van der Waals surface area contributed by atoms with Crippen molar-refractivity contribution in [1.29, 1.82) is 0 Å². The van der Waals surface area contributed by atoms with Gasteiger partial charge in [-0.3, -0.25) is 0 Å². The van der Waals surface area contributed by atoms with Gasteiger partial charge in [0, 0.05) is 17.6 Å². The summed E-state index contributed by atoms with van der Waals surface area (Å²) in [5.41, 5.74) is 1.28. The van der Waals surface area contributed by atoms with E-state index in [0.29, 0.717) is 24.4 Å². The van der Waals surface area contributed by atoms with E-state index >= 15 is 0 Å². The first kappa shape index (κ1) is 13.9. The van der Waals surface area contributed by atoms with E-state index in [4.69, 9.17) is 11.6 Å². The van der Waals surface area contributed by atoms with Crippen molar-refractivity contribution in [1.82, 2.24) is 5.32 Å². The molecule has 1 aromatic rings. The third-order valence-electron chi connectivity index (χ3n) is 3.64. The molecule has 0 bridgehead atoms. The molecule has 1 aliphatic rings. The molecule has 100 valence electrons. The summed E-state index contributed by atoms with van der Waals surface area (Å²) in [4.78, 5) is 0. The Balaban J connectivity index is 1.98. The third kappa shape index (κ3) is 3.71. The normalized spacial score (nSPS) is 18.9. The molecule has 1 aliphatic carbocycles. The largest absolute Gasteiger partial charge is 0.392 e. The molecule has 2 rings (SSSR count). The topological polar surface area (TPSA) is 32.3 Å². The van der Waals surface area contributed by atoms with Gasteiger partial charge < -0.3 is 10.4 Å². The summed E-state index contributed by atoms with van der Waals surface area (Å²) in [6.07, 6.45) is 2.27.